The van der Waals surface area contributed by atoms with Gasteiger partial charge in [-0.05, 0) is 55.2 Å². The number of morpholine rings is 1. The SMILES string of the molecule is CC(CCc1ccccc1)NC(=O)c1cccc(-c2ccc(S(=O)(=O)N3CCOCC3)s2)c1. The maximum absolute atomic E-state index is 12.9. The van der Waals surface area contributed by atoms with Gasteiger partial charge < -0.3 is 10.1 Å². The predicted molar refractivity (Wildman–Crippen MR) is 131 cm³/mol. The number of sulfonamides is 1. The minimum atomic E-state index is -3.53. The first-order chi connectivity index (χ1) is 15.9. The number of hydrogen-bond donors (Lipinski definition) is 1. The van der Waals surface area contributed by atoms with Crippen LogP contribution in [0.25, 0.3) is 10.4 Å². The summed E-state index contributed by atoms with van der Waals surface area (Å²) in [6.07, 6.45) is 1.75. The number of ether oxygens (including phenoxy) is 1. The molecule has 1 unspecified atom stereocenters. The van der Waals surface area contributed by atoms with E-state index in [1.165, 1.54) is 21.2 Å². The fourth-order valence-corrected chi connectivity index (χ4v) is 6.61. The van der Waals surface area contributed by atoms with Crippen molar-refractivity contribution in [3.8, 4) is 10.4 Å². The molecule has 1 atom stereocenters. The second kappa shape index (κ2) is 10.6. The van der Waals surface area contributed by atoms with E-state index in [2.05, 4.69) is 17.4 Å². The molecule has 0 radical (unpaired) electrons. The molecule has 1 saturated heterocycles. The summed E-state index contributed by atoms with van der Waals surface area (Å²) in [7, 11) is -3.53. The average molecular weight is 485 g/mol. The van der Waals surface area contributed by atoms with Gasteiger partial charge in [-0.15, -0.1) is 11.3 Å². The van der Waals surface area contributed by atoms with E-state index in [0.717, 1.165) is 23.3 Å². The fourth-order valence-electron chi connectivity index (χ4n) is 3.75. The van der Waals surface area contributed by atoms with Gasteiger partial charge in [0, 0.05) is 29.6 Å². The first-order valence-corrected chi connectivity index (χ1v) is 13.3. The molecule has 1 amide bonds. The summed E-state index contributed by atoms with van der Waals surface area (Å²) in [4.78, 5) is 13.6. The van der Waals surface area contributed by atoms with Crippen LogP contribution in [-0.4, -0.2) is 51.0 Å². The molecule has 8 heteroatoms. The molecule has 33 heavy (non-hydrogen) atoms. The Kier molecular flexibility index (Phi) is 7.60. The number of hydrogen-bond acceptors (Lipinski definition) is 5. The highest BCUT2D eigenvalue weighted by Gasteiger charge is 2.28. The third kappa shape index (κ3) is 5.89. The topological polar surface area (TPSA) is 75.7 Å². The molecule has 1 aromatic heterocycles. The van der Waals surface area contributed by atoms with Crippen LogP contribution in [-0.2, 0) is 21.2 Å². The molecule has 1 aliphatic rings. The van der Waals surface area contributed by atoms with E-state index in [1.54, 1.807) is 18.2 Å². The van der Waals surface area contributed by atoms with Crippen molar-refractivity contribution >= 4 is 27.3 Å². The van der Waals surface area contributed by atoms with Gasteiger partial charge >= 0.3 is 0 Å². The number of rotatable bonds is 8. The number of nitrogens with one attached hydrogen (secondary N) is 1. The van der Waals surface area contributed by atoms with Crippen molar-refractivity contribution in [1.82, 2.24) is 9.62 Å². The van der Waals surface area contributed by atoms with Crippen molar-refractivity contribution in [3.63, 3.8) is 0 Å². The fraction of sp³-hybridized carbons (Fsp3) is 0.320. The number of aryl methyl sites for hydroxylation is 1. The Hall–Kier alpha value is -2.52. The number of amides is 1. The first-order valence-electron chi connectivity index (χ1n) is 11.1. The molecule has 6 nitrogen and oxygen atoms in total. The van der Waals surface area contributed by atoms with Gasteiger partial charge in [-0.25, -0.2) is 8.42 Å². The van der Waals surface area contributed by atoms with Crippen LogP contribution >= 0.6 is 11.3 Å². The zero-order chi connectivity index (χ0) is 23.3. The lowest BCUT2D eigenvalue weighted by molar-refractivity contribution is 0.0731. The average Bonchev–Trinajstić information content (AvgIpc) is 3.35. The molecule has 1 aliphatic heterocycles. The molecule has 0 aliphatic carbocycles. The van der Waals surface area contributed by atoms with Crippen molar-refractivity contribution in [3.05, 3.63) is 77.9 Å². The molecule has 1 N–H and O–H groups in total. The third-order valence-corrected chi connectivity index (χ3v) is 9.14. The van der Waals surface area contributed by atoms with E-state index < -0.39 is 10.0 Å². The van der Waals surface area contributed by atoms with E-state index in [9.17, 15) is 13.2 Å². The van der Waals surface area contributed by atoms with Crippen LogP contribution in [0.15, 0.2) is 70.9 Å². The lowest BCUT2D eigenvalue weighted by Gasteiger charge is -2.25. The van der Waals surface area contributed by atoms with E-state index in [1.807, 2.05) is 43.3 Å². The highest BCUT2D eigenvalue weighted by Crippen LogP contribution is 2.33. The van der Waals surface area contributed by atoms with Gasteiger partial charge in [0.1, 0.15) is 4.21 Å². The zero-order valence-electron chi connectivity index (χ0n) is 18.6. The summed E-state index contributed by atoms with van der Waals surface area (Å²) in [6.45, 7) is 3.57. The quantitative estimate of drug-likeness (QED) is 0.520. The smallest absolute Gasteiger partial charge is 0.252 e. The minimum Gasteiger partial charge on any atom is -0.379 e. The molecule has 1 fully saturated rings. The highest BCUT2D eigenvalue weighted by molar-refractivity contribution is 7.91. The molecule has 2 heterocycles. The van der Waals surface area contributed by atoms with Crippen molar-refractivity contribution in [2.75, 3.05) is 26.3 Å². The van der Waals surface area contributed by atoms with Crippen molar-refractivity contribution < 1.29 is 17.9 Å². The van der Waals surface area contributed by atoms with Crippen LogP contribution in [0.1, 0.15) is 29.3 Å². The number of benzene rings is 2. The Morgan fingerprint density at radius 3 is 2.58 bits per heavy atom. The van der Waals surface area contributed by atoms with Crippen LogP contribution in [0.3, 0.4) is 0 Å². The maximum atomic E-state index is 12.9. The van der Waals surface area contributed by atoms with Crippen molar-refractivity contribution in [2.45, 2.75) is 30.0 Å². The van der Waals surface area contributed by atoms with Crippen LogP contribution in [0.5, 0.6) is 0 Å². The molecule has 174 valence electrons. The van der Waals surface area contributed by atoms with E-state index in [0.29, 0.717) is 36.1 Å². The van der Waals surface area contributed by atoms with E-state index in [-0.39, 0.29) is 11.9 Å². The number of carbonyl (C=O) groups excluding carboxylic acids is 1. The molecule has 4 rings (SSSR count). The van der Waals surface area contributed by atoms with Gasteiger partial charge in [-0.2, -0.15) is 4.31 Å². The van der Waals surface area contributed by atoms with Crippen LogP contribution in [0.4, 0.5) is 0 Å². The summed E-state index contributed by atoms with van der Waals surface area (Å²) >= 11 is 1.22. The number of nitrogens with zero attached hydrogens (tertiary/aromatic N) is 1. The van der Waals surface area contributed by atoms with Crippen molar-refractivity contribution in [2.24, 2.45) is 0 Å². The normalized spacial score (nSPS) is 15.8. The lowest BCUT2D eigenvalue weighted by Crippen LogP contribution is -2.40. The van der Waals surface area contributed by atoms with Gasteiger partial charge in [0.25, 0.3) is 15.9 Å². The summed E-state index contributed by atoms with van der Waals surface area (Å²) in [5.41, 5.74) is 2.64. The largest absolute Gasteiger partial charge is 0.379 e. The predicted octanol–water partition coefficient (Wildman–Crippen LogP) is 4.19. The van der Waals surface area contributed by atoms with Gasteiger partial charge in [0.05, 0.1) is 13.2 Å². The second-order valence-electron chi connectivity index (χ2n) is 8.11. The van der Waals surface area contributed by atoms with Gasteiger partial charge in [-0.1, -0.05) is 42.5 Å². The van der Waals surface area contributed by atoms with Crippen LogP contribution in [0.2, 0.25) is 0 Å². The van der Waals surface area contributed by atoms with E-state index in [4.69, 9.17) is 4.74 Å². The monoisotopic (exact) mass is 484 g/mol. The minimum absolute atomic E-state index is 0.0355. The number of thiophene rings is 1. The Morgan fingerprint density at radius 2 is 1.82 bits per heavy atom. The molecule has 2 aromatic carbocycles. The Morgan fingerprint density at radius 1 is 1.06 bits per heavy atom. The molecular formula is C25H28N2O4S2. The van der Waals surface area contributed by atoms with Crippen LogP contribution < -0.4 is 5.32 Å². The molecule has 3 aromatic rings. The molecule has 0 saturated carbocycles. The molecular weight excluding hydrogens is 456 g/mol. The first kappa shape index (κ1) is 23.6. The van der Waals surface area contributed by atoms with Crippen molar-refractivity contribution in [1.29, 1.82) is 0 Å². The van der Waals surface area contributed by atoms with E-state index >= 15 is 0 Å². The Labute approximate surface area is 199 Å². The number of carbonyl (C=O) groups is 1. The standard InChI is InChI=1S/C25H28N2O4S2/c1-19(10-11-20-6-3-2-4-7-20)26-25(28)22-9-5-8-21(18-22)23-12-13-24(32-23)33(29,30)27-14-16-31-17-15-27/h2-9,12-13,18-19H,10-11,14-17H2,1H3,(H,26,28). The summed E-state index contributed by atoms with van der Waals surface area (Å²) in [6, 6.07) is 21.0. The highest BCUT2D eigenvalue weighted by atomic mass is 32.2. The molecule has 0 bridgehead atoms. The van der Waals surface area contributed by atoms with Gasteiger partial charge in [-0.3, -0.25) is 4.79 Å². The summed E-state index contributed by atoms with van der Waals surface area (Å²) < 4.78 is 32.9. The summed E-state index contributed by atoms with van der Waals surface area (Å²) in [5, 5.41) is 3.07. The summed E-state index contributed by atoms with van der Waals surface area (Å²) in [5.74, 6) is -0.130. The lowest BCUT2D eigenvalue weighted by atomic mass is 10.1. The second-order valence-corrected chi connectivity index (χ2v) is 11.4. The maximum Gasteiger partial charge on any atom is 0.252 e. The Balaban J connectivity index is 1.42. The zero-order valence-corrected chi connectivity index (χ0v) is 20.2. The van der Waals surface area contributed by atoms with Gasteiger partial charge in [0.15, 0.2) is 0 Å². The van der Waals surface area contributed by atoms with Gasteiger partial charge in [0.2, 0.25) is 0 Å². The van der Waals surface area contributed by atoms with Crippen LogP contribution in [0, 0.1) is 0 Å². The molecule has 0 spiro atoms. The third-order valence-electron chi connectivity index (χ3n) is 5.64. The Bertz CT molecular complexity index is 1190.